The number of hydrogen-bond donors (Lipinski definition) is 0. The molecule has 0 radical (unpaired) electrons. The Morgan fingerprint density at radius 2 is 1.88 bits per heavy atom. The number of rotatable bonds is 3. The normalized spacial score (nSPS) is 11.6. The molecule has 0 N–H and O–H groups in total. The lowest BCUT2D eigenvalue weighted by atomic mass is 10.4. The van der Waals surface area contributed by atoms with Crippen molar-refractivity contribution in [1.29, 1.82) is 0 Å². The van der Waals surface area contributed by atoms with Gasteiger partial charge in [-0.2, -0.15) is 0 Å². The van der Waals surface area contributed by atoms with E-state index in [1.165, 1.54) is 23.5 Å². The first-order chi connectivity index (χ1) is 7.97. The Kier molecular flexibility index (Phi) is 3.65. The van der Waals surface area contributed by atoms with Gasteiger partial charge in [-0.15, -0.1) is 11.3 Å². The van der Waals surface area contributed by atoms with E-state index in [1.807, 2.05) is 5.38 Å². The molecule has 0 aliphatic rings. The molecule has 2 aromatic rings. The standard InChI is InChI=1S/C11H8BrFO2S2/c12-8-5-10(16-6-8)7-17(14,15)11-3-1-9(13)2-4-11/h1-6H,7H2. The molecule has 0 bridgehead atoms. The van der Waals surface area contributed by atoms with E-state index in [0.29, 0.717) is 0 Å². The summed E-state index contributed by atoms with van der Waals surface area (Å²) in [4.78, 5) is 0.893. The van der Waals surface area contributed by atoms with Gasteiger partial charge >= 0.3 is 0 Å². The SMILES string of the molecule is O=S(=O)(Cc1cc(Br)cs1)c1ccc(F)cc1. The van der Waals surface area contributed by atoms with Crippen LogP contribution < -0.4 is 0 Å². The predicted molar refractivity (Wildman–Crippen MR) is 69.3 cm³/mol. The lowest BCUT2D eigenvalue weighted by molar-refractivity contribution is 0.594. The molecule has 0 saturated heterocycles. The molecule has 0 unspecified atom stereocenters. The van der Waals surface area contributed by atoms with E-state index in [4.69, 9.17) is 0 Å². The summed E-state index contributed by atoms with van der Waals surface area (Å²) in [6.45, 7) is 0. The van der Waals surface area contributed by atoms with E-state index in [-0.39, 0.29) is 10.6 Å². The van der Waals surface area contributed by atoms with Gasteiger partial charge in [0.1, 0.15) is 5.82 Å². The smallest absolute Gasteiger partial charge is 0.183 e. The minimum absolute atomic E-state index is 0.0606. The molecular formula is C11H8BrFO2S2. The topological polar surface area (TPSA) is 34.1 Å². The van der Waals surface area contributed by atoms with Crippen LogP contribution in [0.2, 0.25) is 0 Å². The maximum atomic E-state index is 12.7. The van der Waals surface area contributed by atoms with Gasteiger partial charge in [-0.05, 0) is 46.3 Å². The number of thiophene rings is 1. The van der Waals surface area contributed by atoms with Crippen LogP contribution in [0.25, 0.3) is 0 Å². The summed E-state index contributed by atoms with van der Waals surface area (Å²) in [6.07, 6.45) is 0. The molecule has 2 nitrogen and oxygen atoms in total. The largest absolute Gasteiger partial charge is 0.223 e. The van der Waals surface area contributed by atoms with Gasteiger partial charge in [0.25, 0.3) is 0 Å². The summed E-state index contributed by atoms with van der Waals surface area (Å²) < 4.78 is 37.6. The number of sulfone groups is 1. The van der Waals surface area contributed by atoms with E-state index in [0.717, 1.165) is 21.5 Å². The van der Waals surface area contributed by atoms with E-state index < -0.39 is 15.7 Å². The first-order valence-corrected chi connectivity index (χ1v) is 8.01. The molecule has 0 amide bonds. The fourth-order valence-corrected chi connectivity index (χ4v) is 4.49. The predicted octanol–water partition coefficient (Wildman–Crippen LogP) is 3.62. The van der Waals surface area contributed by atoms with Gasteiger partial charge < -0.3 is 0 Å². The molecule has 1 aromatic heterocycles. The quantitative estimate of drug-likeness (QED) is 0.803. The molecule has 0 spiro atoms. The van der Waals surface area contributed by atoms with Crippen LogP contribution in [0, 0.1) is 5.82 Å². The minimum atomic E-state index is -3.39. The average Bonchev–Trinajstić information content (AvgIpc) is 2.63. The van der Waals surface area contributed by atoms with Crippen LogP contribution in [-0.2, 0) is 15.6 Å². The van der Waals surface area contributed by atoms with Crippen molar-refractivity contribution in [2.45, 2.75) is 10.6 Å². The first-order valence-electron chi connectivity index (χ1n) is 4.68. The van der Waals surface area contributed by atoms with Crippen LogP contribution in [0.5, 0.6) is 0 Å². The molecule has 0 aliphatic heterocycles. The highest BCUT2D eigenvalue weighted by Gasteiger charge is 2.16. The van der Waals surface area contributed by atoms with Crippen molar-refractivity contribution < 1.29 is 12.8 Å². The van der Waals surface area contributed by atoms with Crippen molar-refractivity contribution in [3.8, 4) is 0 Å². The third-order valence-electron chi connectivity index (χ3n) is 2.13. The summed E-state index contributed by atoms with van der Waals surface area (Å²) in [5.41, 5.74) is 0. The third kappa shape index (κ3) is 3.14. The summed E-state index contributed by atoms with van der Waals surface area (Å²) in [5.74, 6) is -0.502. The van der Waals surface area contributed by atoms with Crippen LogP contribution in [0.3, 0.4) is 0 Å². The van der Waals surface area contributed by atoms with E-state index in [2.05, 4.69) is 15.9 Å². The Morgan fingerprint density at radius 3 is 2.41 bits per heavy atom. The second kappa shape index (κ2) is 4.88. The molecule has 0 fully saturated rings. The van der Waals surface area contributed by atoms with Gasteiger partial charge in [-0.25, -0.2) is 12.8 Å². The van der Waals surface area contributed by atoms with Crippen molar-refractivity contribution in [3.05, 3.63) is 50.9 Å². The van der Waals surface area contributed by atoms with Gasteiger partial charge in [0.05, 0.1) is 10.6 Å². The molecule has 1 aromatic carbocycles. The van der Waals surface area contributed by atoms with Gasteiger partial charge in [0.2, 0.25) is 0 Å². The fourth-order valence-electron chi connectivity index (χ4n) is 1.34. The second-order valence-electron chi connectivity index (χ2n) is 3.44. The van der Waals surface area contributed by atoms with Crippen molar-refractivity contribution in [2.75, 3.05) is 0 Å². The zero-order valence-corrected chi connectivity index (χ0v) is 11.8. The zero-order valence-electron chi connectivity index (χ0n) is 8.56. The van der Waals surface area contributed by atoms with Crippen molar-refractivity contribution >= 4 is 37.1 Å². The Bertz CT molecular complexity index is 617. The molecular weight excluding hydrogens is 327 g/mol. The van der Waals surface area contributed by atoms with E-state index in [1.54, 1.807) is 6.07 Å². The lowest BCUT2D eigenvalue weighted by Gasteiger charge is -2.02. The highest BCUT2D eigenvalue weighted by Crippen LogP contribution is 2.24. The third-order valence-corrected chi connectivity index (χ3v) is 5.69. The fraction of sp³-hybridized carbons (Fsp3) is 0.0909. The molecule has 90 valence electrons. The van der Waals surface area contributed by atoms with Crippen LogP contribution in [0.1, 0.15) is 4.88 Å². The van der Waals surface area contributed by atoms with Crippen LogP contribution in [0.4, 0.5) is 4.39 Å². The molecule has 6 heteroatoms. The Hall–Kier alpha value is -0.720. The minimum Gasteiger partial charge on any atom is -0.223 e. The Morgan fingerprint density at radius 1 is 1.24 bits per heavy atom. The Labute approximate surface area is 111 Å². The number of benzene rings is 1. The zero-order chi connectivity index (χ0) is 12.5. The van der Waals surface area contributed by atoms with Gasteiger partial charge in [0, 0.05) is 14.7 Å². The number of halogens is 2. The van der Waals surface area contributed by atoms with Gasteiger partial charge in [-0.3, -0.25) is 0 Å². The van der Waals surface area contributed by atoms with Gasteiger partial charge in [0.15, 0.2) is 9.84 Å². The van der Waals surface area contributed by atoms with Crippen molar-refractivity contribution in [1.82, 2.24) is 0 Å². The molecule has 1 heterocycles. The number of hydrogen-bond acceptors (Lipinski definition) is 3. The lowest BCUT2D eigenvalue weighted by Crippen LogP contribution is -2.03. The summed E-state index contributed by atoms with van der Waals surface area (Å²) in [6, 6.07) is 6.64. The average molecular weight is 335 g/mol. The van der Waals surface area contributed by atoms with Crippen LogP contribution >= 0.6 is 27.3 Å². The van der Waals surface area contributed by atoms with Crippen molar-refractivity contribution in [2.24, 2.45) is 0 Å². The first kappa shape index (κ1) is 12.7. The monoisotopic (exact) mass is 334 g/mol. The molecule has 17 heavy (non-hydrogen) atoms. The Balaban J connectivity index is 2.28. The van der Waals surface area contributed by atoms with Crippen molar-refractivity contribution in [3.63, 3.8) is 0 Å². The highest BCUT2D eigenvalue weighted by atomic mass is 79.9. The van der Waals surface area contributed by atoms with E-state index in [9.17, 15) is 12.8 Å². The summed E-state index contributed by atoms with van der Waals surface area (Å²) in [7, 11) is -3.39. The maximum Gasteiger partial charge on any atom is 0.183 e. The molecule has 0 saturated carbocycles. The highest BCUT2D eigenvalue weighted by molar-refractivity contribution is 9.10. The van der Waals surface area contributed by atoms with Gasteiger partial charge in [-0.1, -0.05) is 0 Å². The molecule has 0 atom stereocenters. The molecule has 2 rings (SSSR count). The van der Waals surface area contributed by atoms with Crippen LogP contribution in [0.15, 0.2) is 45.1 Å². The maximum absolute atomic E-state index is 12.7. The van der Waals surface area contributed by atoms with E-state index >= 15 is 0 Å². The molecule has 0 aliphatic carbocycles. The summed E-state index contributed by atoms with van der Waals surface area (Å²) in [5, 5.41) is 1.83. The summed E-state index contributed by atoms with van der Waals surface area (Å²) >= 11 is 4.65. The van der Waals surface area contributed by atoms with Crippen LogP contribution in [-0.4, -0.2) is 8.42 Å². The second-order valence-corrected chi connectivity index (χ2v) is 7.35.